The average Bonchev–Trinajstić information content (AvgIpc) is 3.13. The molecule has 0 spiro atoms. The van der Waals surface area contributed by atoms with Crippen LogP contribution in [0.3, 0.4) is 0 Å². The fourth-order valence-electron chi connectivity index (χ4n) is 3.28. The fraction of sp³-hybridized carbons (Fsp3) is 0.0870. The van der Waals surface area contributed by atoms with Gasteiger partial charge in [0.05, 0.1) is 0 Å². The van der Waals surface area contributed by atoms with Gasteiger partial charge in [-0.05, 0) is 64.6 Å². The van der Waals surface area contributed by atoms with E-state index in [-0.39, 0.29) is 6.79 Å². The van der Waals surface area contributed by atoms with E-state index in [4.69, 9.17) is 49.4 Å². The topological polar surface area (TPSA) is 55.8 Å². The van der Waals surface area contributed by atoms with Crippen LogP contribution in [0.2, 0.25) is 15.1 Å². The van der Waals surface area contributed by atoms with Gasteiger partial charge in [-0.15, -0.1) is 0 Å². The monoisotopic (exact) mass is 460 g/mol. The third-order valence-corrected chi connectivity index (χ3v) is 5.46. The van der Waals surface area contributed by atoms with Crippen LogP contribution in [0.1, 0.15) is 16.7 Å². The maximum absolute atomic E-state index is 11.0. The quantitative estimate of drug-likeness (QED) is 0.428. The number of aliphatic carboxylic acids is 1. The van der Waals surface area contributed by atoms with Gasteiger partial charge in [-0.3, -0.25) is 0 Å². The Balaban J connectivity index is 1.78. The molecule has 0 atom stereocenters. The fourth-order valence-corrected chi connectivity index (χ4v) is 4.03. The van der Waals surface area contributed by atoms with Crippen molar-refractivity contribution in [2.24, 2.45) is 0 Å². The number of hydrogen-bond acceptors (Lipinski definition) is 3. The maximum atomic E-state index is 11.0. The number of carboxylic acid groups (broad SMARTS) is 1. The van der Waals surface area contributed by atoms with Crippen molar-refractivity contribution in [1.29, 1.82) is 0 Å². The first kappa shape index (κ1) is 20.6. The summed E-state index contributed by atoms with van der Waals surface area (Å²) in [6.07, 6.45) is 3.14. The summed E-state index contributed by atoms with van der Waals surface area (Å²) in [5, 5.41) is 10.6. The summed E-state index contributed by atoms with van der Waals surface area (Å²) in [5.41, 5.74) is 4.26. The molecule has 0 saturated carbocycles. The summed E-state index contributed by atoms with van der Waals surface area (Å²) in [6, 6.07) is 14.6. The minimum absolute atomic E-state index is 0.159. The van der Waals surface area contributed by atoms with Crippen LogP contribution < -0.4 is 9.47 Å². The van der Waals surface area contributed by atoms with Gasteiger partial charge in [-0.2, -0.15) is 0 Å². The number of halogens is 3. The van der Waals surface area contributed by atoms with Crippen LogP contribution in [0.4, 0.5) is 0 Å². The van der Waals surface area contributed by atoms with E-state index in [2.05, 4.69) is 0 Å². The van der Waals surface area contributed by atoms with Crippen molar-refractivity contribution < 1.29 is 19.4 Å². The Morgan fingerprint density at radius 1 is 0.900 bits per heavy atom. The molecule has 4 rings (SSSR count). The van der Waals surface area contributed by atoms with E-state index in [0.717, 1.165) is 33.9 Å². The van der Waals surface area contributed by atoms with Crippen LogP contribution in [0.25, 0.3) is 17.2 Å². The van der Waals surface area contributed by atoms with Crippen molar-refractivity contribution in [2.75, 3.05) is 6.79 Å². The van der Waals surface area contributed by atoms with Gasteiger partial charge in [-0.1, -0.05) is 53.0 Å². The zero-order valence-corrected chi connectivity index (χ0v) is 17.8. The van der Waals surface area contributed by atoms with Crippen LogP contribution in [0, 0.1) is 0 Å². The molecular formula is C23H15Cl3O4. The lowest BCUT2D eigenvalue weighted by Gasteiger charge is -2.12. The highest BCUT2D eigenvalue weighted by atomic mass is 35.5. The zero-order valence-electron chi connectivity index (χ0n) is 15.5. The van der Waals surface area contributed by atoms with Gasteiger partial charge in [0.15, 0.2) is 11.5 Å². The highest BCUT2D eigenvalue weighted by molar-refractivity contribution is 6.35. The Morgan fingerprint density at radius 3 is 2.30 bits per heavy atom. The second-order valence-electron chi connectivity index (χ2n) is 6.72. The van der Waals surface area contributed by atoms with Gasteiger partial charge in [0.25, 0.3) is 0 Å². The maximum Gasteiger partial charge on any atom is 0.328 e. The van der Waals surface area contributed by atoms with Crippen LogP contribution in [0.15, 0.2) is 54.6 Å². The third kappa shape index (κ3) is 4.57. The molecule has 7 heteroatoms. The lowest BCUT2D eigenvalue weighted by atomic mass is 9.94. The summed E-state index contributed by atoms with van der Waals surface area (Å²) in [7, 11) is 0. The molecule has 1 aliphatic heterocycles. The molecule has 152 valence electrons. The van der Waals surface area contributed by atoms with Gasteiger partial charge >= 0.3 is 5.97 Å². The highest BCUT2D eigenvalue weighted by Gasteiger charge is 2.17. The Hall–Kier alpha value is -2.66. The highest BCUT2D eigenvalue weighted by Crippen LogP contribution is 2.38. The van der Waals surface area contributed by atoms with E-state index in [1.54, 1.807) is 18.2 Å². The molecule has 30 heavy (non-hydrogen) atoms. The first-order valence-electron chi connectivity index (χ1n) is 8.97. The molecule has 1 aliphatic rings. The number of hydrogen-bond donors (Lipinski definition) is 1. The van der Waals surface area contributed by atoms with E-state index in [1.165, 1.54) is 0 Å². The molecule has 0 aromatic heterocycles. The van der Waals surface area contributed by atoms with Crippen molar-refractivity contribution in [1.82, 2.24) is 0 Å². The zero-order chi connectivity index (χ0) is 21.3. The van der Waals surface area contributed by atoms with Crippen molar-refractivity contribution in [3.8, 4) is 22.6 Å². The minimum atomic E-state index is -1.02. The molecular weight excluding hydrogens is 447 g/mol. The Labute approximate surface area is 188 Å². The molecule has 0 bridgehead atoms. The second-order valence-corrected chi connectivity index (χ2v) is 8.00. The van der Waals surface area contributed by atoms with Crippen LogP contribution in [-0.4, -0.2) is 17.9 Å². The Morgan fingerprint density at radius 2 is 1.60 bits per heavy atom. The molecule has 1 heterocycles. The summed E-state index contributed by atoms with van der Waals surface area (Å²) in [6.45, 7) is 0.159. The molecule has 0 amide bonds. The van der Waals surface area contributed by atoms with Gasteiger partial charge in [0.1, 0.15) is 0 Å². The van der Waals surface area contributed by atoms with E-state index in [0.29, 0.717) is 33.0 Å². The summed E-state index contributed by atoms with van der Waals surface area (Å²) in [5.74, 6) is 0.222. The van der Waals surface area contributed by atoms with Gasteiger partial charge in [0.2, 0.25) is 6.79 Å². The minimum Gasteiger partial charge on any atom is -0.478 e. The second kappa shape index (κ2) is 8.60. The number of carbonyl (C=O) groups is 1. The summed E-state index contributed by atoms with van der Waals surface area (Å²) in [4.78, 5) is 11.0. The molecule has 0 unspecified atom stereocenters. The number of fused-ring (bicyclic) bond motifs is 1. The first-order chi connectivity index (χ1) is 14.4. The molecule has 0 radical (unpaired) electrons. The summed E-state index contributed by atoms with van der Waals surface area (Å²) < 4.78 is 10.8. The summed E-state index contributed by atoms with van der Waals surface area (Å²) >= 11 is 18.8. The average molecular weight is 462 g/mol. The SMILES string of the molecule is O=C(O)/C=C/c1ccc(-c2cc(Cl)cc(Cl)c2)cc1Cc1cc2c(cc1Cl)OCO2. The molecule has 1 N–H and O–H groups in total. The molecule has 4 nitrogen and oxygen atoms in total. The number of rotatable bonds is 5. The van der Waals surface area contributed by atoms with E-state index in [1.807, 2.05) is 36.4 Å². The van der Waals surface area contributed by atoms with Gasteiger partial charge < -0.3 is 14.6 Å². The van der Waals surface area contributed by atoms with Gasteiger partial charge in [-0.25, -0.2) is 4.79 Å². The van der Waals surface area contributed by atoms with E-state index < -0.39 is 5.97 Å². The van der Waals surface area contributed by atoms with Crippen molar-refractivity contribution in [3.63, 3.8) is 0 Å². The largest absolute Gasteiger partial charge is 0.478 e. The lowest BCUT2D eigenvalue weighted by molar-refractivity contribution is -0.131. The molecule has 3 aromatic carbocycles. The van der Waals surface area contributed by atoms with Gasteiger partial charge in [0, 0.05) is 27.2 Å². The Kier molecular flexibility index (Phi) is 5.91. The predicted molar refractivity (Wildman–Crippen MR) is 119 cm³/mol. The van der Waals surface area contributed by atoms with Crippen molar-refractivity contribution >= 4 is 46.8 Å². The molecule has 3 aromatic rings. The van der Waals surface area contributed by atoms with Crippen molar-refractivity contribution in [3.05, 3.63) is 86.4 Å². The Bertz CT molecular complexity index is 1150. The predicted octanol–water partition coefficient (Wildman–Crippen LogP) is 6.73. The number of carboxylic acids is 1. The van der Waals surface area contributed by atoms with Crippen LogP contribution in [0.5, 0.6) is 11.5 Å². The molecule has 0 aliphatic carbocycles. The molecule has 0 fully saturated rings. The number of ether oxygens (including phenoxy) is 2. The van der Waals surface area contributed by atoms with Crippen LogP contribution in [-0.2, 0) is 11.2 Å². The van der Waals surface area contributed by atoms with E-state index in [9.17, 15) is 4.79 Å². The number of benzene rings is 3. The normalized spacial score (nSPS) is 12.5. The first-order valence-corrected chi connectivity index (χ1v) is 10.1. The van der Waals surface area contributed by atoms with E-state index >= 15 is 0 Å². The van der Waals surface area contributed by atoms with Crippen molar-refractivity contribution in [2.45, 2.75) is 6.42 Å². The standard InChI is InChI=1S/C23H15Cl3O4/c24-18-7-16(8-19(25)10-18)14-2-1-13(3-4-23(27)28)15(5-14)6-17-9-21-22(11-20(17)26)30-12-29-21/h1-5,7-11H,6,12H2,(H,27,28)/b4-3+. The van der Waals surface area contributed by atoms with Crippen LogP contribution >= 0.6 is 34.8 Å². The molecule has 0 saturated heterocycles. The smallest absolute Gasteiger partial charge is 0.328 e. The lowest BCUT2D eigenvalue weighted by Crippen LogP contribution is -1.96. The third-order valence-electron chi connectivity index (χ3n) is 4.67.